The Kier molecular flexibility index (Phi) is 8.83. The Balaban J connectivity index is 2.45. The molecule has 0 aliphatic rings. The van der Waals surface area contributed by atoms with Gasteiger partial charge in [0.25, 0.3) is 0 Å². The summed E-state index contributed by atoms with van der Waals surface area (Å²) in [7, 11) is 3.40. The first-order valence-electron chi connectivity index (χ1n) is 7.31. The van der Waals surface area contributed by atoms with Crippen LogP contribution in [0.5, 0.6) is 11.5 Å². The van der Waals surface area contributed by atoms with Crippen molar-refractivity contribution in [2.75, 3.05) is 34.0 Å². The Labute approximate surface area is 122 Å². The zero-order valence-corrected chi connectivity index (χ0v) is 12.9. The SMILES string of the molecule is CCCCOc1ccc(CNCCCOC)cc1OC. The molecule has 20 heavy (non-hydrogen) atoms. The van der Waals surface area contributed by atoms with Crippen molar-refractivity contribution in [1.82, 2.24) is 5.32 Å². The van der Waals surface area contributed by atoms with E-state index >= 15 is 0 Å². The highest BCUT2D eigenvalue weighted by Crippen LogP contribution is 2.28. The summed E-state index contributed by atoms with van der Waals surface area (Å²) in [5.41, 5.74) is 1.20. The number of benzene rings is 1. The first-order chi connectivity index (χ1) is 9.81. The summed E-state index contributed by atoms with van der Waals surface area (Å²) in [6.45, 7) is 5.46. The van der Waals surface area contributed by atoms with Gasteiger partial charge in [0.15, 0.2) is 11.5 Å². The molecule has 0 atom stereocenters. The highest BCUT2D eigenvalue weighted by Gasteiger charge is 2.05. The molecule has 114 valence electrons. The first kappa shape index (κ1) is 16.8. The lowest BCUT2D eigenvalue weighted by Gasteiger charge is -2.12. The summed E-state index contributed by atoms with van der Waals surface area (Å²) >= 11 is 0. The molecule has 0 heterocycles. The van der Waals surface area contributed by atoms with Gasteiger partial charge in [-0.15, -0.1) is 0 Å². The maximum absolute atomic E-state index is 5.72. The fourth-order valence-corrected chi connectivity index (χ4v) is 1.84. The minimum atomic E-state index is 0.738. The second-order valence-electron chi connectivity index (χ2n) is 4.71. The molecule has 0 aliphatic carbocycles. The maximum atomic E-state index is 5.72. The summed E-state index contributed by atoms with van der Waals surface area (Å²) < 4.78 is 16.1. The number of nitrogens with one attached hydrogen (secondary N) is 1. The lowest BCUT2D eigenvalue weighted by Crippen LogP contribution is -2.16. The van der Waals surface area contributed by atoms with Gasteiger partial charge in [-0.05, 0) is 37.1 Å². The highest BCUT2D eigenvalue weighted by molar-refractivity contribution is 5.42. The zero-order chi connectivity index (χ0) is 14.6. The van der Waals surface area contributed by atoms with E-state index in [2.05, 4.69) is 18.3 Å². The van der Waals surface area contributed by atoms with Crippen molar-refractivity contribution in [2.45, 2.75) is 32.7 Å². The molecule has 0 bridgehead atoms. The van der Waals surface area contributed by atoms with Crippen LogP contribution in [0, 0.1) is 0 Å². The minimum absolute atomic E-state index is 0.738. The lowest BCUT2D eigenvalue weighted by atomic mass is 10.2. The molecule has 0 fully saturated rings. The number of rotatable bonds is 11. The average Bonchev–Trinajstić information content (AvgIpc) is 2.48. The molecule has 0 unspecified atom stereocenters. The van der Waals surface area contributed by atoms with E-state index in [4.69, 9.17) is 14.2 Å². The van der Waals surface area contributed by atoms with E-state index in [1.165, 1.54) is 5.56 Å². The Morgan fingerprint density at radius 2 is 1.90 bits per heavy atom. The maximum Gasteiger partial charge on any atom is 0.161 e. The van der Waals surface area contributed by atoms with Gasteiger partial charge < -0.3 is 19.5 Å². The molecule has 0 radical (unpaired) electrons. The standard InChI is InChI=1S/C16H27NO3/c1-4-5-11-20-15-8-7-14(12-16(15)19-3)13-17-9-6-10-18-2/h7-8,12,17H,4-6,9-11,13H2,1-3H3. The van der Waals surface area contributed by atoms with Gasteiger partial charge in [-0.1, -0.05) is 19.4 Å². The molecule has 0 saturated carbocycles. The van der Waals surface area contributed by atoms with Gasteiger partial charge in [-0.2, -0.15) is 0 Å². The van der Waals surface area contributed by atoms with Crippen LogP contribution >= 0.6 is 0 Å². The summed E-state index contributed by atoms with van der Waals surface area (Å²) in [4.78, 5) is 0. The van der Waals surface area contributed by atoms with Crippen LogP contribution in [-0.2, 0) is 11.3 Å². The molecule has 1 aromatic rings. The number of hydrogen-bond donors (Lipinski definition) is 1. The van der Waals surface area contributed by atoms with E-state index in [9.17, 15) is 0 Å². The normalized spacial score (nSPS) is 10.6. The van der Waals surface area contributed by atoms with Crippen molar-refractivity contribution in [3.8, 4) is 11.5 Å². The predicted octanol–water partition coefficient (Wildman–Crippen LogP) is 3.00. The topological polar surface area (TPSA) is 39.7 Å². The van der Waals surface area contributed by atoms with Crippen molar-refractivity contribution in [3.05, 3.63) is 23.8 Å². The van der Waals surface area contributed by atoms with Crippen LogP contribution in [0.2, 0.25) is 0 Å². The average molecular weight is 281 g/mol. The van der Waals surface area contributed by atoms with Gasteiger partial charge in [-0.3, -0.25) is 0 Å². The van der Waals surface area contributed by atoms with Crippen molar-refractivity contribution in [3.63, 3.8) is 0 Å². The third kappa shape index (κ3) is 6.26. The van der Waals surface area contributed by atoms with Crippen LogP contribution < -0.4 is 14.8 Å². The van der Waals surface area contributed by atoms with Crippen LogP contribution in [0.4, 0.5) is 0 Å². The molecule has 4 nitrogen and oxygen atoms in total. The predicted molar refractivity (Wildman–Crippen MR) is 81.6 cm³/mol. The highest BCUT2D eigenvalue weighted by atomic mass is 16.5. The fourth-order valence-electron chi connectivity index (χ4n) is 1.84. The Morgan fingerprint density at radius 1 is 1.05 bits per heavy atom. The Morgan fingerprint density at radius 3 is 2.60 bits per heavy atom. The molecule has 0 spiro atoms. The lowest BCUT2D eigenvalue weighted by molar-refractivity contribution is 0.194. The second-order valence-corrected chi connectivity index (χ2v) is 4.71. The molecule has 4 heteroatoms. The number of unbranched alkanes of at least 4 members (excludes halogenated alkanes) is 1. The molecule has 0 saturated heterocycles. The van der Waals surface area contributed by atoms with Crippen LogP contribution in [0.3, 0.4) is 0 Å². The van der Waals surface area contributed by atoms with E-state index in [-0.39, 0.29) is 0 Å². The van der Waals surface area contributed by atoms with Crippen molar-refractivity contribution in [1.29, 1.82) is 0 Å². The van der Waals surface area contributed by atoms with Gasteiger partial charge >= 0.3 is 0 Å². The van der Waals surface area contributed by atoms with E-state index < -0.39 is 0 Å². The third-order valence-corrected chi connectivity index (χ3v) is 3.01. The number of methoxy groups -OCH3 is 2. The number of ether oxygens (including phenoxy) is 3. The Bertz CT molecular complexity index is 369. The van der Waals surface area contributed by atoms with E-state index in [1.807, 2.05) is 12.1 Å². The van der Waals surface area contributed by atoms with Gasteiger partial charge in [0.05, 0.1) is 13.7 Å². The van der Waals surface area contributed by atoms with Gasteiger partial charge in [0.1, 0.15) is 0 Å². The van der Waals surface area contributed by atoms with Crippen molar-refractivity contribution >= 4 is 0 Å². The molecule has 0 aromatic heterocycles. The Hall–Kier alpha value is -1.26. The fraction of sp³-hybridized carbons (Fsp3) is 0.625. The smallest absolute Gasteiger partial charge is 0.161 e. The summed E-state index contributed by atoms with van der Waals surface area (Å²) in [5.74, 6) is 1.63. The van der Waals surface area contributed by atoms with Crippen LogP contribution in [-0.4, -0.2) is 34.0 Å². The summed E-state index contributed by atoms with van der Waals surface area (Å²) in [5, 5.41) is 3.38. The van der Waals surface area contributed by atoms with E-state index in [0.717, 1.165) is 57.1 Å². The first-order valence-corrected chi connectivity index (χ1v) is 7.31. The van der Waals surface area contributed by atoms with Crippen LogP contribution in [0.1, 0.15) is 31.7 Å². The van der Waals surface area contributed by atoms with E-state index in [0.29, 0.717) is 0 Å². The molecule has 1 N–H and O–H groups in total. The summed E-state index contributed by atoms with van der Waals surface area (Å²) in [6, 6.07) is 6.10. The monoisotopic (exact) mass is 281 g/mol. The third-order valence-electron chi connectivity index (χ3n) is 3.01. The molecular formula is C16H27NO3. The zero-order valence-electron chi connectivity index (χ0n) is 12.9. The van der Waals surface area contributed by atoms with Gasteiger partial charge in [-0.25, -0.2) is 0 Å². The quantitative estimate of drug-likeness (QED) is 0.633. The van der Waals surface area contributed by atoms with Crippen LogP contribution in [0.15, 0.2) is 18.2 Å². The van der Waals surface area contributed by atoms with Gasteiger partial charge in [0.2, 0.25) is 0 Å². The molecule has 0 aliphatic heterocycles. The van der Waals surface area contributed by atoms with Crippen molar-refractivity contribution < 1.29 is 14.2 Å². The molecule has 1 aromatic carbocycles. The molecule has 0 amide bonds. The largest absolute Gasteiger partial charge is 0.493 e. The van der Waals surface area contributed by atoms with Crippen LogP contribution in [0.25, 0.3) is 0 Å². The van der Waals surface area contributed by atoms with Gasteiger partial charge in [0, 0.05) is 20.3 Å². The van der Waals surface area contributed by atoms with E-state index in [1.54, 1.807) is 14.2 Å². The number of hydrogen-bond acceptors (Lipinski definition) is 4. The second kappa shape index (κ2) is 10.5. The summed E-state index contributed by atoms with van der Waals surface area (Å²) in [6.07, 6.45) is 3.21. The molecule has 1 rings (SSSR count). The van der Waals surface area contributed by atoms with Crippen molar-refractivity contribution in [2.24, 2.45) is 0 Å². The minimum Gasteiger partial charge on any atom is -0.493 e. The molecular weight excluding hydrogens is 254 g/mol.